The van der Waals surface area contributed by atoms with Crippen molar-refractivity contribution in [1.29, 1.82) is 5.26 Å². The molecular formula is C17H27N5O2. The Bertz CT molecular complexity index is 631. The fourth-order valence-corrected chi connectivity index (χ4v) is 2.77. The van der Waals surface area contributed by atoms with E-state index in [2.05, 4.69) is 16.1 Å². The molecule has 0 N–H and O–H groups in total. The van der Waals surface area contributed by atoms with E-state index in [1.807, 2.05) is 24.6 Å². The first-order valence-electron chi connectivity index (χ1n) is 8.26. The molecule has 1 aliphatic rings. The first-order valence-corrected chi connectivity index (χ1v) is 8.26. The molecule has 0 aromatic carbocycles. The van der Waals surface area contributed by atoms with E-state index < -0.39 is 5.54 Å². The minimum absolute atomic E-state index is 0.0128. The van der Waals surface area contributed by atoms with E-state index in [1.165, 1.54) is 4.90 Å². The first kappa shape index (κ1) is 18.4. The molecular weight excluding hydrogens is 306 g/mol. The van der Waals surface area contributed by atoms with E-state index in [4.69, 9.17) is 10.00 Å². The highest BCUT2D eigenvalue weighted by atomic mass is 16.5. The largest absolute Gasteiger partial charge is 0.374 e. The predicted octanol–water partition coefficient (Wildman–Crippen LogP) is 0.961. The summed E-state index contributed by atoms with van der Waals surface area (Å²) in [5.74, 6) is -0.0479. The van der Waals surface area contributed by atoms with Gasteiger partial charge in [0.15, 0.2) is 0 Å². The predicted molar refractivity (Wildman–Crippen MR) is 90.3 cm³/mol. The van der Waals surface area contributed by atoms with Crippen LogP contribution in [0.2, 0.25) is 0 Å². The fraction of sp³-hybridized carbons (Fsp3) is 0.706. The third kappa shape index (κ3) is 4.34. The van der Waals surface area contributed by atoms with E-state index in [1.54, 1.807) is 20.9 Å². The van der Waals surface area contributed by atoms with Crippen LogP contribution >= 0.6 is 0 Å². The van der Waals surface area contributed by atoms with Gasteiger partial charge in [-0.15, -0.1) is 0 Å². The molecule has 1 fully saturated rings. The van der Waals surface area contributed by atoms with Crippen LogP contribution < -0.4 is 0 Å². The van der Waals surface area contributed by atoms with Crippen LogP contribution in [0.3, 0.4) is 0 Å². The van der Waals surface area contributed by atoms with Crippen molar-refractivity contribution in [2.75, 3.05) is 33.3 Å². The van der Waals surface area contributed by atoms with Gasteiger partial charge >= 0.3 is 0 Å². The molecule has 2 heterocycles. The number of aryl methyl sites for hydroxylation is 2. The normalized spacial score (nSPS) is 19.1. The lowest BCUT2D eigenvalue weighted by Crippen LogP contribution is -2.52. The lowest BCUT2D eigenvalue weighted by atomic mass is 10.1. The number of likely N-dealkylation sites (N-methyl/N-ethyl adjacent to an activating group) is 1. The second-order valence-corrected chi connectivity index (χ2v) is 6.96. The molecule has 1 aromatic heterocycles. The van der Waals surface area contributed by atoms with Gasteiger partial charge in [0.1, 0.15) is 5.54 Å². The maximum atomic E-state index is 12.4. The van der Waals surface area contributed by atoms with E-state index >= 15 is 0 Å². The molecule has 24 heavy (non-hydrogen) atoms. The molecule has 0 unspecified atom stereocenters. The van der Waals surface area contributed by atoms with Crippen molar-refractivity contribution in [2.24, 2.45) is 0 Å². The number of carbonyl (C=O) groups is 1. The topological polar surface area (TPSA) is 74.4 Å². The molecule has 1 aliphatic heterocycles. The van der Waals surface area contributed by atoms with Gasteiger partial charge in [0.2, 0.25) is 5.91 Å². The van der Waals surface area contributed by atoms with Crippen molar-refractivity contribution in [3.05, 3.63) is 17.5 Å². The molecule has 0 spiro atoms. The number of nitriles is 1. The summed E-state index contributed by atoms with van der Waals surface area (Å²) >= 11 is 0. The first-order chi connectivity index (χ1) is 11.2. The van der Waals surface area contributed by atoms with Crippen LogP contribution in [0.4, 0.5) is 0 Å². The van der Waals surface area contributed by atoms with Crippen LogP contribution in [0.25, 0.3) is 0 Å². The Kier molecular flexibility index (Phi) is 5.62. The van der Waals surface area contributed by atoms with Crippen molar-refractivity contribution in [3.8, 4) is 6.07 Å². The van der Waals surface area contributed by atoms with E-state index in [0.29, 0.717) is 26.2 Å². The highest BCUT2D eigenvalue weighted by Crippen LogP contribution is 2.13. The third-order valence-corrected chi connectivity index (χ3v) is 4.55. The molecule has 7 nitrogen and oxygen atoms in total. The molecule has 0 radical (unpaired) electrons. The Balaban J connectivity index is 1.92. The SMILES string of the molecule is Cc1cc(C)n(C[C@@H]2CN(CC(=O)N(C)C(C)(C)C#N)CCO2)n1. The van der Waals surface area contributed by atoms with Crippen molar-refractivity contribution in [2.45, 2.75) is 45.9 Å². The second-order valence-electron chi connectivity index (χ2n) is 6.96. The maximum absolute atomic E-state index is 12.4. The van der Waals surface area contributed by atoms with Gasteiger partial charge in [-0.25, -0.2) is 0 Å². The second kappa shape index (κ2) is 7.32. The summed E-state index contributed by atoms with van der Waals surface area (Å²) in [6.07, 6.45) is 0.0128. The molecule has 2 rings (SSSR count). The number of rotatable bonds is 5. The summed E-state index contributed by atoms with van der Waals surface area (Å²) in [5, 5.41) is 13.6. The molecule has 132 valence electrons. The van der Waals surface area contributed by atoms with E-state index in [9.17, 15) is 4.79 Å². The summed E-state index contributed by atoms with van der Waals surface area (Å²) in [6.45, 7) is 10.5. The molecule has 1 aromatic rings. The highest BCUT2D eigenvalue weighted by molar-refractivity contribution is 5.79. The molecule has 1 saturated heterocycles. The van der Waals surface area contributed by atoms with Gasteiger partial charge in [-0.2, -0.15) is 10.4 Å². The average molecular weight is 333 g/mol. The zero-order chi connectivity index (χ0) is 17.9. The van der Waals surface area contributed by atoms with Crippen LogP contribution in [0.15, 0.2) is 6.07 Å². The van der Waals surface area contributed by atoms with Gasteiger partial charge < -0.3 is 9.64 Å². The fourth-order valence-electron chi connectivity index (χ4n) is 2.77. The van der Waals surface area contributed by atoms with Crippen molar-refractivity contribution < 1.29 is 9.53 Å². The monoisotopic (exact) mass is 333 g/mol. The molecule has 0 aliphatic carbocycles. The van der Waals surface area contributed by atoms with Crippen molar-refractivity contribution >= 4 is 5.91 Å². The minimum atomic E-state index is -0.799. The van der Waals surface area contributed by atoms with Crippen LogP contribution in [0.1, 0.15) is 25.2 Å². The summed E-state index contributed by atoms with van der Waals surface area (Å²) in [4.78, 5) is 16.0. The molecule has 0 bridgehead atoms. The Hall–Kier alpha value is -1.91. The van der Waals surface area contributed by atoms with Crippen LogP contribution in [-0.2, 0) is 16.1 Å². The van der Waals surface area contributed by atoms with Gasteiger partial charge in [-0.3, -0.25) is 14.4 Å². The standard InChI is InChI=1S/C17H27N5O2/c1-13-8-14(2)22(19-13)10-15-9-21(6-7-24-15)11-16(23)20(5)17(3,4)12-18/h8,15H,6-7,9-11H2,1-5H3/t15-/m0/s1. The average Bonchev–Trinajstić information content (AvgIpc) is 2.84. The summed E-state index contributed by atoms with van der Waals surface area (Å²) < 4.78 is 7.78. The van der Waals surface area contributed by atoms with Gasteiger partial charge in [0.25, 0.3) is 0 Å². The Labute approximate surface area is 143 Å². The molecule has 1 atom stereocenters. The summed E-state index contributed by atoms with van der Waals surface area (Å²) in [7, 11) is 1.68. The van der Waals surface area contributed by atoms with Gasteiger partial charge in [-0.1, -0.05) is 0 Å². The van der Waals surface area contributed by atoms with Gasteiger partial charge in [0.05, 0.1) is 37.6 Å². The lowest BCUT2D eigenvalue weighted by molar-refractivity contribution is -0.136. The van der Waals surface area contributed by atoms with Gasteiger partial charge in [0, 0.05) is 25.8 Å². The van der Waals surface area contributed by atoms with Crippen LogP contribution in [0.5, 0.6) is 0 Å². The lowest BCUT2D eigenvalue weighted by Gasteiger charge is -2.35. The van der Waals surface area contributed by atoms with Crippen molar-refractivity contribution in [1.82, 2.24) is 19.6 Å². The number of hydrogen-bond donors (Lipinski definition) is 0. The molecule has 7 heteroatoms. The molecule has 0 saturated carbocycles. The quantitative estimate of drug-likeness (QED) is 0.802. The molecule has 1 amide bonds. The van der Waals surface area contributed by atoms with E-state index in [-0.39, 0.29) is 12.0 Å². The Morgan fingerprint density at radius 3 is 2.83 bits per heavy atom. The van der Waals surface area contributed by atoms with Crippen molar-refractivity contribution in [3.63, 3.8) is 0 Å². The summed E-state index contributed by atoms with van der Waals surface area (Å²) in [6, 6.07) is 4.20. The highest BCUT2D eigenvalue weighted by Gasteiger charge is 2.30. The number of nitrogens with zero attached hydrogens (tertiary/aromatic N) is 5. The van der Waals surface area contributed by atoms with Gasteiger partial charge in [-0.05, 0) is 33.8 Å². The number of morpholine rings is 1. The number of carbonyl (C=O) groups excluding carboxylic acids is 1. The minimum Gasteiger partial charge on any atom is -0.374 e. The zero-order valence-corrected chi connectivity index (χ0v) is 15.2. The van der Waals surface area contributed by atoms with E-state index in [0.717, 1.165) is 17.9 Å². The number of amides is 1. The summed E-state index contributed by atoms with van der Waals surface area (Å²) in [5.41, 5.74) is 1.31. The number of ether oxygens (including phenoxy) is 1. The zero-order valence-electron chi connectivity index (χ0n) is 15.2. The van der Waals surface area contributed by atoms with Crippen LogP contribution in [0, 0.1) is 25.2 Å². The Morgan fingerprint density at radius 1 is 1.54 bits per heavy atom. The Morgan fingerprint density at radius 2 is 2.25 bits per heavy atom. The van der Waals surface area contributed by atoms with Crippen LogP contribution in [-0.4, -0.2) is 70.4 Å². The maximum Gasteiger partial charge on any atom is 0.237 e. The number of aromatic nitrogens is 2. The third-order valence-electron chi connectivity index (χ3n) is 4.55. The number of hydrogen-bond acceptors (Lipinski definition) is 5. The smallest absolute Gasteiger partial charge is 0.237 e.